The van der Waals surface area contributed by atoms with E-state index in [2.05, 4.69) is 5.32 Å². The summed E-state index contributed by atoms with van der Waals surface area (Å²) in [6.45, 7) is 7.93. The minimum absolute atomic E-state index is 0.0178. The average molecular weight is 415 g/mol. The second-order valence-corrected chi connectivity index (χ2v) is 7.99. The lowest BCUT2D eigenvalue weighted by Gasteiger charge is -2.29. The number of ether oxygens (including phenoxy) is 1. The predicted molar refractivity (Wildman–Crippen MR) is 119 cm³/mol. The largest absolute Gasteiger partial charge is 0.383 e. The van der Waals surface area contributed by atoms with Crippen LogP contribution in [0.1, 0.15) is 25.1 Å². The van der Waals surface area contributed by atoms with Gasteiger partial charge in [0.15, 0.2) is 0 Å². The Hall–Kier alpha value is -2.80. The van der Waals surface area contributed by atoms with Crippen LogP contribution < -0.4 is 5.32 Å². The molecule has 7 nitrogen and oxygen atoms in total. The Morgan fingerprint density at radius 2 is 1.93 bits per heavy atom. The second kappa shape index (κ2) is 11.4. The molecule has 0 unspecified atom stereocenters. The third kappa shape index (κ3) is 7.22. The maximum atomic E-state index is 13.1. The molecule has 0 saturated carbocycles. The van der Waals surface area contributed by atoms with E-state index >= 15 is 0 Å². The van der Waals surface area contributed by atoms with E-state index in [4.69, 9.17) is 4.74 Å². The van der Waals surface area contributed by atoms with Crippen molar-refractivity contribution in [2.45, 2.75) is 27.3 Å². The van der Waals surface area contributed by atoms with E-state index in [1.807, 2.05) is 75.0 Å². The zero-order chi connectivity index (χ0) is 22.1. The first-order chi connectivity index (χ1) is 14.3. The molecular formula is C23H34N4O3. The molecule has 1 N–H and O–H groups in total. The van der Waals surface area contributed by atoms with Crippen LogP contribution in [-0.2, 0) is 23.1 Å². The fourth-order valence-corrected chi connectivity index (χ4v) is 3.20. The van der Waals surface area contributed by atoms with Gasteiger partial charge in [0.25, 0.3) is 0 Å². The molecule has 0 saturated heterocycles. The Morgan fingerprint density at radius 3 is 2.53 bits per heavy atom. The number of rotatable bonds is 10. The van der Waals surface area contributed by atoms with Crippen LogP contribution in [0.15, 0.2) is 42.6 Å². The number of nitrogens with one attached hydrogen (secondary N) is 1. The molecule has 30 heavy (non-hydrogen) atoms. The van der Waals surface area contributed by atoms with Crippen LogP contribution in [0.25, 0.3) is 0 Å². The molecular weight excluding hydrogens is 380 g/mol. The number of aromatic nitrogens is 1. The van der Waals surface area contributed by atoms with Crippen molar-refractivity contribution in [2.75, 3.05) is 38.7 Å². The van der Waals surface area contributed by atoms with Crippen LogP contribution in [0, 0.1) is 12.8 Å². The number of anilines is 1. The molecule has 1 aromatic carbocycles. The van der Waals surface area contributed by atoms with Crippen molar-refractivity contribution in [3.63, 3.8) is 0 Å². The van der Waals surface area contributed by atoms with E-state index in [0.717, 1.165) is 16.9 Å². The number of urea groups is 1. The normalized spacial score (nSPS) is 10.9. The monoisotopic (exact) mass is 414 g/mol. The summed E-state index contributed by atoms with van der Waals surface area (Å²) in [7, 11) is 3.57. The lowest BCUT2D eigenvalue weighted by molar-refractivity contribution is -0.133. The number of amides is 3. The number of benzene rings is 1. The van der Waals surface area contributed by atoms with Gasteiger partial charge in [-0.15, -0.1) is 0 Å². The highest BCUT2D eigenvalue weighted by Gasteiger charge is 2.23. The molecule has 0 aliphatic heterocycles. The summed E-state index contributed by atoms with van der Waals surface area (Å²) in [5.41, 5.74) is 2.81. The lowest BCUT2D eigenvalue weighted by Crippen LogP contribution is -2.46. The number of aryl methyl sites for hydroxylation is 2. The average Bonchev–Trinajstić information content (AvgIpc) is 3.08. The standard InChI is InChI=1S/C23H34N4O3/c1-18(2)15-27(23(29)24-20-9-6-8-19(3)14-20)17-22(28)26(12-13-30-5)16-21-10-7-11-25(21)4/h6-11,14,18H,12-13,15-17H2,1-5H3,(H,24,29). The second-order valence-electron chi connectivity index (χ2n) is 7.99. The first-order valence-electron chi connectivity index (χ1n) is 10.3. The molecule has 0 aliphatic carbocycles. The van der Waals surface area contributed by atoms with E-state index in [1.165, 1.54) is 0 Å². The van der Waals surface area contributed by atoms with E-state index < -0.39 is 0 Å². The molecule has 7 heteroatoms. The Morgan fingerprint density at radius 1 is 1.17 bits per heavy atom. The highest BCUT2D eigenvalue weighted by Crippen LogP contribution is 2.12. The van der Waals surface area contributed by atoms with Gasteiger partial charge < -0.3 is 24.4 Å². The maximum Gasteiger partial charge on any atom is 0.322 e. The summed E-state index contributed by atoms with van der Waals surface area (Å²) in [6.07, 6.45) is 1.95. The van der Waals surface area contributed by atoms with Gasteiger partial charge in [0.1, 0.15) is 6.54 Å². The minimum atomic E-state index is -0.270. The molecule has 164 valence electrons. The van der Waals surface area contributed by atoms with Crippen molar-refractivity contribution < 1.29 is 14.3 Å². The van der Waals surface area contributed by atoms with Crippen LogP contribution in [0.3, 0.4) is 0 Å². The first kappa shape index (κ1) is 23.5. The van der Waals surface area contributed by atoms with Crippen LogP contribution in [0.2, 0.25) is 0 Å². The van der Waals surface area contributed by atoms with E-state index in [9.17, 15) is 9.59 Å². The minimum Gasteiger partial charge on any atom is -0.383 e. The highest BCUT2D eigenvalue weighted by atomic mass is 16.5. The third-order valence-corrected chi connectivity index (χ3v) is 4.79. The van der Waals surface area contributed by atoms with E-state index in [1.54, 1.807) is 16.9 Å². The van der Waals surface area contributed by atoms with Crippen LogP contribution in [-0.4, -0.2) is 59.7 Å². The van der Waals surface area contributed by atoms with Gasteiger partial charge in [-0.1, -0.05) is 26.0 Å². The summed E-state index contributed by atoms with van der Waals surface area (Å²) >= 11 is 0. The number of carbonyl (C=O) groups excluding carboxylic acids is 2. The van der Waals surface area contributed by atoms with Crippen molar-refractivity contribution in [2.24, 2.45) is 13.0 Å². The molecule has 2 aromatic rings. The van der Waals surface area contributed by atoms with Crippen molar-refractivity contribution in [3.05, 3.63) is 53.9 Å². The summed E-state index contributed by atoms with van der Waals surface area (Å²) < 4.78 is 7.18. The Balaban J connectivity index is 2.11. The molecule has 0 spiro atoms. The van der Waals surface area contributed by atoms with Crippen LogP contribution in [0.5, 0.6) is 0 Å². The molecule has 0 aliphatic rings. The number of hydrogen-bond donors (Lipinski definition) is 1. The van der Waals surface area contributed by atoms with Gasteiger partial charge in [0, 0.05) is 44.8 Å². The molecule has 3 amide bonds. The summed E-state index contributed by atoms with van der Waals surface area (Å²) in [5.74, 6) is 0.134. The molecule has 0 atom stereocenters. The third-order valence-electron chi connectivity index (χ3n) is 4.79. The van der Waals surface area contributed by atoms with Gasteiger partial charge in [-0.2, -0.15) is 0 Å². The molecule has 0 radical (unpaired) electrons. The van der Waals surface area contributed by atoms with Gasteiger partial charge >= 0.3 is 6.03 Å². The van der Waals surface area contributed by atoms with Crippen molar-refractivity contribution >= 4 is 17.6 Å². The van der Waals surface area contributed by atoms with Gasteiger partial charge in [0.05, 0.1) is 13.2 Å². The Labute approximate surface area is 179 Å². The number of nitrogens with zero attached hydrogens (tertiary/aromatic N) is 3. The zero-order valence-corrected chi connectivity index (χ0v) is 18.7. The van der Waals surface area contributed by atoms with E-state index in [-0.39, 0.29) is 24.4 Å². The fraction of sp³-hybridized carbons (Fsp3) is 0.478. The zero-order valence-electron chi connectivity index (χ0n) is 18.7. The van der Waals surface area contributed by atoms with Gasteiger partial charge in [0.2, 0.25) is 5.91 Å². The molecule has 0 fully saturated rings. The SMILES string of the molecule is COCCN(Cc1cccn1C)C(=O)CN(CC(C)C)C(=O)Nc1cccc(C)c1. The molecule has 0 bridgehead atoms. The smallest absolute Gasteiger partial charge is 0.322 e. The fourth-order valence-electron chi connectivity index (χ4n) is 3.20. The topological polar surface area (TPSA) is 66.8 Å². The Kier molecular flexibility index (Phi) is 8.92. The molecule has 1 aromatic heterocycles. The van der Waals surface area contributed by atoms with Gasteiger partial charge in [-0.3, -0.25) is 4.79 Å². The lowest BCUT2D eigenvalue weighted by atomic mass is 10.2. The summed E-state index contributed by atoms with van der Waals surface area (Å²) in [4.78, 5) is 29.4. The highest BCUT2D eigenvalue weighted by molar-refractivity contribution is 5.92. The van der Waals surface area contributed by atoms with Crippen LogP contribution in [0.4, 0.5) is 10.5 Å². The number of hydrogen-bond acceptors (Lipinski definition) is 3. The predicted octanol–water partition coefficient (Wildman–Crippen LogP) is 3.50. The van der Waals surface area contributed by atoms with E-state index in [0.29, 0.717) is 26.2 Å². The summed E-state index contributed by atoms with van der Waals surface area (Å²) in [5, 5.41) is 2.92. The van der Waals surface area contributed by atoms with Gasteiger partial charge in [-0.25, -0.2) is 4.79 Å². The summed E-state index contributed by atoms with van der Waals surface area (Å²) in [6, 6.07) is 11.3. The maximum absolute atomic E-state index is 13.1. The Bertz CT molecular complexity index is 831. The number of carbonyl (C=O) groups is 2. The molecule has 2 rings (SSSR count). The van der Waals surface area contributed by atoms with Crippen molar-refractivity contribution in [3.8, 4) is 0 Å². The first-order valence-corrected chi connectivity index (χ1v) is 10.3. The van der Waals surface area contributed by atoms with Crippen molar-refractivity contribution in [1.29, 1.82) is 0 Å². The number of methoxy groups -OCH3 is 1. The molecule has 1 heterocycles. The quantitative estimate of drug-likeness (QED) is 0.647. The van der Waals surface area contributed by atoms with Crippen molar-refractivity contribution in [1.82, 2.24) is 14.4 Å². The van der Waals surface area contributed by atoms with Crippen LogP contribution >= 0.6 is 0 Å². The van der Waals surface area contributed by atoms with Gasteiger partial charge in [-0.05, 0) is 42.7 Å².